The number of nitrogens with zero attached hydrogens (tertiary/aromatic N) is 1. The maximum Gasteiger partial charge on any atom is 0.317 e. The summed E-state index contributed by atoms with van der Waals surface area (Å²) in [4.78, 5) is 12.5. The number of carbonyl (C=O) groups is 1. The fourth-order valence-corrected chi connectivity index (χ4v) is 2.60. The summed E-state index contributed by atoms with van der Waals surface area (Å²) in [5.74, 6) is 3.14. The van der Waals surface area contributed by atoms with Crippen LogP contribution >= 0.6 is 0 Å². The van der Waals surface area contributed by atoms with Crippen molar-refractivity contribution < 1.29 is 9.90 Å². The molecule has 0 bridgehead atoms. The Morgan fingerprint density at radius 3 is 2.88 bits per heavy atom. The summed E-state index contributed by atoms with van der Waals surface area (Å²) >= 11 is 0. The fraction of sp³-hybridized carbons (Fsp3) is 0.769. The molecule has 0 aliphatic heterocycles. The van der Waals surface area contributed by atoms with E-state index in [1.165, 1.54) is 25.7 Å². The van der Waals surface area contributed by atoms with Gasteiger partial charge in [-0.2, -0.15) is 0 Å². The maximum absolute atomic E-state index is 10.7. The Hall–Kier alpha value is -1.01. The lowest BCUT2D eigenvalue weighted by Gasteiger charge is -2.30. The van der Waals surface area contributed by atoms with Gasteiger partial charge in [0.05, 0.1) is 13.1 Å². The molecule has 2 atom stereocenters. The van der Waals surface area contributed by atoms with Crippen LogP contribution in [-0.2, 0) is 4.79 Å². The Morgan fingerprint density at radius 2 is 2.31 bits per heavy atom. The molecule has 1 fully saturated rings. The molecular weight excluding hydrogens is 202 g/mol. The fourth-order valence-electron chi connectivity index (χ4n) is 2.60. The highest BCUT2D eigenvalue weighted by molar-refractivity contribution is 5.69. The molecule has 3 heteroatoms. The average molecular weight is 223 g/mol. The molecule has 0 heterocycles. The van der Waals surface area contributed by atoms with E-state index < -0.39 is 5.97 Å². The van der Waals surface area contributed by atoms with E-state index in [1.807, 2.05) is 4.90 Å². The van der Waals surface area contributed by atoms with Crippen LogP contribution < -0.4 is 0 Å². The average Bonchev–Trinajstić information content (AvgIpc) is 2.16. The van der Waals surface area contributed by atoms with Gasteiger partial charge in [0.1, 0.15) is 0 Å². The van der Waals surface area contributed by atoms with Crippen LogP contribution in [0.4, 0.5) is 0 Å². The first-order valence-electron chi connectivity index (χ1n) is 5.99. The van der Waals surface area contributed by atoms with Gasteiger partial charge in [-0.15, -0.1) is 6.42 Å². The van der Waals surface area contributed by atoms with Gasteiger partial charge < -0.3 is 5.11 Å². The Morgan fingerprint density at radius 1 is 1.56 bits per heavy atom. The van der Waals surface area contributed by atoms with E-state index in [0.717, 1.165) is 12.5 Å². The smallest absolute Gasteiger partial charge is 0.317 e. The molecule has 0 aromatic heterocycles. The van der Waals surface area contributed by atoms with Crippen molar-refractivity contribution in [2.75, 3.05) is 19.6 Å². The molecule has 1 aliphatic carbocycles. The number of carboxylic acid groups (broad SMARTS) is 1. The molecule has 0 aromatic carbocycles. The zero-order valence-corrected chi connectivity index (χ0v) is 9.98. The van der Waals surface area contributed by atoms with Gasteiger partial charge in [0.2, 0.25) is 0 Å². The topological polar surface area (TPSA) is 40.5 Å². The van der Waals surface area contributed by atoms with Crippen molar-refractivity contribution in [2.24, 2.45) is 11.8 Å². The van der Waals surface area contributed by atoms with Gasteiger partial charge >= 0.3 is 5.97 Å². The molecule has 16 heavy (non-hydrogen) atoms. The van der Waals surface area contributed by atoms with Gasteiger partial charge in [-0.1, -0.05) is 25.7 Å². The third-order valence-corrected chi connectivity index (χ3v) is 3.24. The van der Waals surface area contributed by atoms with Crippen molar-refractivity contribution in [3.05, 3.63) is 0 Å². The van der Waals surface area contributed by atoms with E-state index in [1.54, 1.807) is 0 Å². The molecule has 2 unspecified atom stereocenters. The largest absolute Gasteiger partial charge is 0.480 e. The van der Waals surface area contributed by atoms with Gasteiger partial charge in [-0.3, -0.25) is 9.69 Å². The van der Waals surface area contributed by atoms with Crippen LogP contribution in [0.2, 0.25) is 0 Å². The van der Waals surface area contributed by atoms with Crippen LogP contribution in [0.5, 0.6) is 0 Å². The van der Waals surface area contributed by atoms with Crippen molar-refractivity contribution in [1.29, 1.82) is 0 Å². The number of hydrogen-bond donors (Lipinski definition) is 1. The lowest BCUT2D eigenvalue weighted by molar-refractivity contribution is -0.138. The Bertz CT molecular complexity index is 270. The van der Waals surface area contributed by atoms with Gasteiger partial charge in [-0.25, -0.2) is 0 Å². The lowest BCUT2D eigenvalue weighted by Crippen LogP contribution is -2.35. The van der Waals surface area contributed by atoms with E-state index in [2.05, 4.69) is 12.8 Å². The quantitative estimate of drug-likeness (QED) is 0.723. The minimum atomic E-state index is -0.792. The predicted octanol–water partition coefficient (Wildman–Crippen LogP) is 1.83. The molecule has 1 saturated carbocycles. The minimum Gasteiger partial charge on any atom is -0.480 e. The number of carboxylic acids is 1. The molecule has 0 saturated heterocycles. The molecule has 0 radical (unpaired) electrons. The molecule has 0 aromatic rings. The predicted molar refractivity (Wildman–Crippen MR) is 64.0 cm³/mol. The SMILES string of the molecule is C#CCN(CC(=O)O)CC1CCCC(C)C1. The second-order valence-corrected chi connectivity index (χ2v) is 4.91. The Kier molecular flexibility index (Phi) is 5.34. The molecule has 1 rings (SSSR count). The molecule has 3 nitrogen and oxygen atoms in total. The van der Waals surface area contributed by atoms with Crippen LogP contribution in [0.25, 0.3) is 0 Å². The van der Waals surface area contributed by atoms with Crippen molar-refractivity contribution in [3.8, 4) is 12.3 Å². The van der Waals surface area contributed by atoms with Crippen molar-refractivity contribution in [2.45, 2.75) is 32.6 Å². The van der Waals surface area contributed by atoms with E-state index in [4.69, 9.17) is 11.5 Å². The summed E-state index contributed by atoms with van der Waals surface area (Å²) in [5.41, 5.74) is 0. The number of aliphatic carboxylic acids is 1. The molecule has 0 spiro atoms. The molecular formula is C13H21NO2. The monoisotopic (exact) mass is 223 g/mol. The summed E-state index contributed by atoms with van der Waals surface area (Å²) in [6.07, 6.45) is 10.3. The highest BCUT2D eigenvalue weighted by Crippen LogP contribution is 2.28. The summed E-state index contributed by atoms with van der Waals surface area (Å²) in [6.45, 7) is 3.61. The van der Waals surface area contributed by atoms with Gasteiger partial charge in [-0.05, 0) is 24.7 Å². The third-order valence-electron chi connectivity index (χ3n) is 3.24. The van der Waals surface area contributed by atoms with Crippen LogP contribution in [0.1, 0.15) is 32.6 Å². The highest BCUT2D eigenvalue weighted by atomic mass is 16.4. The number of hydrogen-bond acceptors (Lipinski definition) is 2. The zero-order chi connectivity index (χ0) is 12.0. The molecule has 1 N–H and O–H groups in total. The van der Waals surface area contributed by atoms with Crippen LogP contribution in [0.3, 0.4) is 0 Å². The summed E-state index contributed by atoms with van der Waals surface area (Å²) in [5, 5.41) is 8.78. The van der Waals surface area contributed by atoms with Crippen LogP contribution in [-0.4, -0.2) is 35.6 Å². The zero-order valence-electron chi connectivity index (χ0n) is 9.98. The minimum absolute atomic E-state index is 0.0646. The van der Waals surface area contributed by atoms with E-state index in [9.17, 15) is 4.79 Å². The first-order valence-corrected chi connectivity index (χ1v) is 5.99. The number of terminal acetylenes is 1. The standard InChI is InChI=1S/C13H21NO2/c1-3-7-14(10-13(15)16)9-12-6-4-5-11(2)8-12/h1,11-12H,4-10H2,2H3,(H,15,16). The highest BCUT2D eigenvalue weighted by Gasteiger charge is 2.21. The second kappa shape index (κ2) is 6.55. The normalized spacial score (nSPS) is 25.3. The lowest BCUT2D eigenvalue weighted by atomic mass is 9.82. The Labute approximate surface area is 97.8 Å². The van der Waals surface area contributed by atoms with E-state index in [0.29, 0.717) is 12.5 Å². The molecule has 1 aliphatic rings. The second-order valence-electron chi connectivity index (χ2n) is 4.91. The summed E-state index contributed by atoms with van der Waals surface area (Å²) in [7, 11) is 0. The first-order chi connectivity index (χ1) is 7.61. The summed E-state index contributed by atoms with van der Waals surface area (Å²) in [6, 6.07) is 0. The summed E-state index contributed by atoms with van der Waals surface area (Å²) < 4.78 is 0. The van der Waals surface area contributed by atoms with Gasteiger partial charge in [0.15, 0.2) is 0 Å². The van der Waals surface area contributed by atoms with Gasteiger partial charge in [0.25, 0.3) is 0 Å². The van der Waals surface area contributed by atoms with Crippen LogP contribution in [0.15, 0.2) is 0 Å². The van der Waals surface area contributed by atoms with E-state index in [-0.39, 0.29) is 6.54 Å². The van der Waals surface area contributed by atoms with Crippen LogP contribution in [0, 0.1) is 24.2 Å². The first kappa shape index (κ1) is 13.1. The Balaban J connectivity index is 2.40. The maximum atomic E-state index is 10.7. The van der Waals surface area contributed by atoms with Crippen molar-refractivity contribution in [1.82, 2.24) is 4.90 Å². The molecule has 90 valence electrons. The number of rotatable bonds is 5. The van der Waals surface area contributed by atoms with Gasteiger partial charge in [0, 0.05) is 6.54 Å². The van der Waals surface area contributed by atoms with Crippen molar-refractivity contribution in [3.63, 3.8) is 0 Å². The van der Waals surface area contributed by atoms with E-state index >= 15 is 0 Å². The third kappa shape index (κ3) is 4.67. The van der Waals surface area contributed by atoms with Crippen molar-refractivity contribution >= 4 is 5.97 Å². The molecule has 0 amide bonds.